The van der Waals surface area contributed by atoms with Gasteiger partial charge >= 0.3 is 0 Å². The van der Waals surface area contributed by atoms with Crippen LogP contribution in [-0.4, -0.2) is 34.0 Å². The fourth-order valence-electron chi connectivity index (χ4n) is 1.91. The van der Waals surface area contributed by atoms with Crippen LogP contribution in [-0.2, 0) is 0 Å². The predicted molar refractivity (Wildman–Crippen MR) is 96.1 cm³/mol. The zero-order valence-electron chi connectivity index (χ0n) is 11.5. The molecule has 1 aromatic rings. The van der Waals surface area contributed by atoms with Crippen LogP contribution in [0.15, 0.2) is 35.8 Å². The number of nitro groups is 1. The van der Waals surface area contributed by atoms with Crippen LogP contribution in [0.25, 0.3) is 0 Å². The third kappa shape index (κ3) is 3.76. The van der Waals surface area contributed by atoms with Crippen molar-refractivity contribution < 1.29 is 4.92 Å². The smallest absolute Gasteiger partial charge is 0.294 e. The summed E-state index contributed by atoms with van der Waals surface area (Å²) in [6, 6.07) is 4.61. The van der Waals surface area contributed by atoms with E-state index in [-0.39, 0.29) is 5.69 Å². The van der Waals surface area contributed by atoms with Gasteiger partial charge in [-0.15, -0.1) is 6.58 Å². The number of benzene rings is 1. The number of anilines is 1. The molecule has 0 unspecified atom stereocenters. The van der Waals surface area contributed by atoms with Crippen LogP contribution in [0.1, 0.15) is 0 Å². The summed E-state index contributed by atoms with van der Waals surface area (Å²) >= 11 is 12.8. The van der Waals surface area contributed by atoms with Crippen molar-refractivity contribution >= 4 is 57.2 Å². The van der Waals surface area contributed by atoms with Gasteiger partial charge in [-0.25, -0.2) is 0 Å². The summed E-state index contributed by atoms with van der Waals surface area (Å²) in [5.41, 5.74) is 0.303. The van der Waals surface area contributed by atoms with Crippen molar-refractivity contribution in [2.75, 3.05) is 23.7 Å². The number of hydrogen-bond acceptors (Lipinski definition) is 4. The van der Waals surface area contributed by atoms with Crippen molar-refractivity contribution in [2.24, 2.45) is 4.99 Å². The molecule has 6 nitrogen and oxygen atoms in total. The van der Waals surface area contributed by atoms with Gasteiger partial charge in [0.1, 0.15) is 5.69 Å². The highest BCUT2D eigenvalue weighted by Crippen LogP contribution is 2.38. The van der Waals surface area contributed by atoms with Gasteiger partial charge in [-0.2, -0.15) is 4.99 Å². The fraction of sp³-hybridized carbons (Fsp3) is 0.231. The zero-order chi connectivity index (χ0) is 16.1. The molecule has 2 rings (SSSR count). The molecule has 0 amide bonds. The van der Waals surface area contributed by atoms with Crippen LogP contribution in [0.2, 0.25) is 5.02 Å². The van der Waals surface area contributed by atoms with Gasteiger partial charge in [0, 0.05) is 24.9 Å². The molecule has 0 aliphatic carbocycles. The third-order valence-corrected chi connectivity index (χ3v) is 4.30. The van der Waals surface area contributed by atoms with E-state index in [4.69, 9.17) is 23.8 Å². The van der Waals surface area contributed by atoms with Crippen LogP contribution < -0.4 is 10.2 Å². The van der Waals surface area contributed by atoms with Crippen LogP contribution in [0.4, 0.5) is 11.4 Å². The molecule has 1 aromatic carbocycles. The lowest BCUT2D eigenvalue weighted by molar-refractivity contribution is -0.384. The van der Waals surface area contributed by atoms with Gasteiger partial charge in [0.05, 0.1) is 9.95 Å². The Hall–Kier alpha value is -1.64. The molecule has 0 aromatic heterocycles. The number of nitrogens with one attached hydrogen (secondary N) is 1. The van der Waals surface area contributed by atoms with Crippen molar-refractivity contribution in [2.45, 2.75) is 0 Å². The Bertz CT molecular complexity index is 651. The van der Waals surface area contributed by atoms with Crippen molar-refractivity contribution in [3.05, 3.63) is 46.0 Å². The lowest BCUT2D eigenvalue weighted by atomic mass is 10.2. The molecule has 116 valence electrons. The summed E-state index contributed by atoms with van der Waals surface area (Å²) in [7, 11) is 0. The molecule has 22 heavy (non-hydrogen) atoms. The second kappa shape index (κ2) is 7.57. The van der Waals surface area contributed by atoms with E-state index in [1.165, 1.54) is 17.8 Å². The highest BCUT2D eigenvalue weighted by Gasteiger charge is 2.29. The largest absolute Gasteiger partial charge is 0.357 e. The number of para-hydroxylation sites is 1. The molecule has 1 aliphatic heterocycles. The Morgan fingerprint density at radius 1 is 1.68 bits per heavy atom. The van der Waals surface area contributed by atoms with E-state index >= 15 is 0 Å². The van der Waals surface area contributed by atoms with Gasteiger partial charge in [0.25, 0.3) is 5.69 Å². The van der Waals surface area contributed by atoms with Crippen molar-refractivity contribution in [3.63, 3.8) is 0 Å². The van der Waals surface area contributed by atoms with Crippen molar-refractivity contribution in [1.82, 2.24) is 5.32 Å². The van der Waals surface area contributed by atoms with Crippen molar-refractivity contribution in [3.8, 4) is 0 Å². The lowest BCUT2D eigenvalue weighted by Gasteiger charge is -2.19. The van der Waals surface area contributed by atoms with Crippen molar-refractivity contribution in [1.29, 1.82) is 0 Å². The number of aliphatic imine (C=N–C) groups is 1. The molecule has 1 aliphatic rings. The summed E-state index contributed by atoms with van der Waals surface area (Å²) < 4.78 is 0. The van der Waals surface area contributed by atoms with Gasteiger partial charge in [-0.05, 0) is 18.3 Å². The van der Waals surface area contributed by atoms with E-state index in [0.717, 1.165) is 5.75 Å². The molecule has 0 bridgehead atoms. The monoisotopic (exact) mass is 356 g/mol. The number of hydrogen-bond donors (Lipinski definition) is 1. The predicted octanol–water partition coefficient (Wildman–Crippen LogP) is 3.22. The van der Waals surface area contributed by atoms with Gasteiger partial charge in [0.2, 0.25) is 0 Å². The SMILES string of the molecule is C=CCNC(=S)N=C1SCCN1c1c(Cl)cccc1[N+](=O)[O-]. The van der Waals surface area contributed by atoms with Gasteiger partial charge in [0.15, 0.2) is 10.3 Å². The summed E-state index contributed by atoms with van der Waals surface area (Å²) in [5.74, 6) is 0.755. The maximum absolute atomic E-state index is 11.2. The summed E-state index contributed by atoms with van der Waals surface area (Å²) in [5, 5.41) is 15.3. The molecule has 0 radical (unpaired) electrons. The van der Waals surface area contributed by atoms with Crippen LogP contribution in [0.5, 0.6) is 0 Å². The molecule has 0 saturated carbocycles. The Balaban J connectivity index is 2.35. The quantitative estimate of drug-likeness (QED) is 0.386. The number of thioether (sulfide) groups is 1. The molecule has 1 heterocycles. The topological polar surface area (TPSA) is 70.8 Å². The Morgan fingerprint density at radius 3 is 3.14 bits per heavy atom. The number of nitro benzene ring substituents is 1. The maximum atomic E-state index is 11.2. The lowest BCUT2D eigenvalue weighted by Crippen LogP contribution is -2.28. The minimum absolute atomic E-state index is 0.0485. The number of rotatable bonds is 4. The number of halogens is 1. The van der Waals surface area contributed by atoms with E-state index in [1.54, 1.807) is 23.1 Å². The molecular formula is C13H13ClN4O2S2. The van der Waals surface area contributed by atoms with Gasteiger partial charge < -0.3 is 10.2 Å². The normalized spacial score (nSPS) is 15.9. The summed E-state index contributed by atoms with van der Waals surface area (Å²) in [6.07, 6.45) is 1.67. The van der Waals surface area contributed by atoms with E-state index in [2.05, 4.69) is 16.9 Å². The molecule has 9 heteroatoms. The Kier molecular flexibility index (Phi) is 5.76. The van der Waals surface area contributed by atoms with E-state index in [0.29, 0.717) is 34.1 Å². The molecule has 0 atom stereocenters. The Morgan fingerprint density at radius 2 is 2.45 bits per heavy atom. The molecular weight excluding hydrogens is 344 g/mol. The number of thiocarbonyl (C=S) groups is 1. The first-order valence-corrected chi connectivity index (χ1v) is 8.12. The number of amidine groups is 1. The Labute approximate surface area is 142 Å². The summed E-state index contributed by atoms with van der Waals surface area (Å²) in [4.78, 5) is 16.8. The molecule has 1 N–H and O–H groups in total. The first-order chi connectivity index (χ1) is 10.5. The average Bonchev–Trinajstić information content (AvgIpc) is 2.92. The second-order valence-corrected chi connectivity index (χ2v) is 6.09. The minimum atomic E-state index is -0.448. The highest BCUT2D eigenvalue weighted by atomic mass is 35.5. The van der Waals surface area contributed by atoms with E-state index in [9.17, 15) is 10.1 Å². The fourth-order valence-corrected chi connectivity index (χ4v) is 3.36. The average molecular weight is 357 g/mol. The second-order valence-electron chi connectivity index (χ2n) is 4.23. The first-order valence-electron chi connectivity index (χ1n) is 6.35. The van der Waals surface area contributed by atoms with Crippen LogP contribution >= 0.6 is 35.6 Å². The van der Waals surface area contributed by atoms with E-state index < -0.39 is 4.92 Å². The van der Waals surface area contributed by atoms with Gasteiger partial charge in [-0.3, -0.25) is 10.1 Å². The first kappa shape index (κ1) is 16.7. The van der Waals surface area contributed by atoms with E-state index in [1.807, 2.05) is 0 Å². The maximum Gasteiger partial charge on any atom is 0.294 e. The standard InChI is InChI=1S/C13H13ClN4O2S2/c1-2-6-15-12(21)16-13-17(7-8-22-13)11-9(14)4-3-5-10(11)18(19)20/h2-5H,1,6-8H2,(H,15,21). The highest BCUT2D eigenvalue weighted by molar-refractivity contribution is 8.14. The van der Waals surface area contributed by atoms with Crippen LogP contribution in [0, 0.1) is 10.1 Å². The number of nitrogens with zero attached hydrogens (tertiary/aromatic N) is 3. The van der Waals surface area contributed by atoms with Crippen LogP contribution in [0.3, 0.4) is 0 Å². The molecule has 1 saturated heterocycles. The molecule has 1 fully saturated rings. The van der Waals surface area contributed by atoms with Gasteiger partial charge in [-0.1, -0.05) is 35.5 Å². The third-order valence-electron chi connectivity index (χ3n) is 2.80. The summed E-state index contributed by atoms with van der Waals surface area (Å²) in [6.45, 7) is 4.68. The zero-order valence-corrected chi connectivity index (χ0v) is 13.9. The minimum Gasteiger partial charge on any atom is -0.357 e. The molecule has 0 spiro atoms.